The smallest absolute Gasteiger partial charge is 0.178 e. The zero-order valence-corrected chi connectivity index (χ0v) is 20.6. The molecule has 1 atom stereocenters. The quantitative estimate of drug-likeness (QED) is 0.311. The maximum Gasteiger partial charge on any atom is 0.178 e. The number of fused-ring (bicyclic) bond motifs is 5. The Labute approximate surface area is 207 Å². The Morgan fingerprint density at radius 1 is 0.771 bits per heavy atom. The summed E-state index contributed by atoms with van der Waals surface area (Å²) < 4.78 is 0. The van der Waals surface area contributed by atoms with E-state index < -0.39 is 0 Å². The van der Waals surface area contributed by atoms with Crippen LogP contribution < -0.4 is 9.80 Å². The normalized spacial score (nSPS) is 17.7. The molecule has 4 heteroatoms. The Hall–Kier alpha value is -3.92. The van der Waals surface area contributed by atoms with Crippen molar-refractivity contribution in [2.75, 3.05) is 9.80 Å². The van der Waals surface area contributed by atoms with Gasteiger partial charge in [-0.15, -0.1) is 0 Å². The van der Waals surface area contributed by atoms with Gasteiger partial charge < -0.3 is 9.80 Å². The van der Waals surface area contributed by atoms with Gasteiger partial charge in [-0.25, -0.2) is 9.97 Å². The third-order valence-electron chi connectivity index (χ3n) is 8.02. The largest absolute Gasteiger partial charge is 0.301 e. The first-order valence-electron chi connectivity index (χ1n) is 12.4. The Balaban J connectivity index is 1.59. The van der Waals surface area contributed by atoms with E-state index in [1.807, 2.05) is 0 Å². The predicted molar refractivity (Wildman–Crippen MR) is 145 cm³/mol. The molecule has 35 heavy (non-hydrogen) atoms. The molecule has 2 aliphatic rings. The van der Waals surface area contributed by atoms with E-state index in [4.69, 9.17) is 9.97 Å². The molecule has 0 saturated heterocycles. The number of benzene rings is 3. The topological polar surface area (TPSA) is 32.3 Å². The van der Waals surface area contributed by atoms with Crippen LogP contribution in [0.3, 0.4) is 0 Å². The molecule has 2 aliphatic heterocycles. The third-order valence-corrected chi connectivity index (χ3v) is 8.02. The maximum atomic E-state index is 4.89. The highest BCUT2D eigenvalue weighted by molar-refractivity contribution is 5.94. The standard InChI is InChI=1S/C31H30N4/c1-5-31(6-2)22(4)25-14-10-11-15-27(25)35-29-28(32-18-19-33-29)34(30(31)35)26-17-16-24(20-21(26)3)23-12-8-7-9-13-23/h7-20,30H,4-6H2,1-3H3. The van der Waals surface area contributed by atoms with Gasteiger partial charge in [-0.05, 0) is 60.2 Å². The van der Waals surface area contributed by atoms with E-state index in [1.165, 1.54) is 27.8 Å². The summed E-state index contributed by atoms with van der Waals surface area (Å²) in [5, 5.41) is 0. The lowest BCUT2D eigenvalue weighted by Crippen LogP contribution is -2.54. The van der Waals surface area contributed by atoms with E-state index in [9.17, 15) is 0 Å². The first-order chi connectivity index (χ1) is 17.1. The van der Waals surface area contributed by atoms with Crippen LogP contribution >= 0.6 is 0 Å². The first-order valence-corrected chi connectivity index (χ1v) is 12.4. The number of hydrogen-bond donors (Lipinski definition) is 0. The van der Waals surface area contributed by atoms with Crippen LogP contribution in [-0.2, 0) is 0 Å². The van der Waals surface area contributed by atoms with Crippen LogP contribution in [0.25, 0.3) is 16.7 Å². The molecule has 0 radical (unpaired) electrons. The average molecular weight is 459 g/mol. The van der Waals surface area contributed by atoms with Crippen molar-refractivity contribution in [3.05, 3.63) is 103 Å². The van der Waals surface area contributed by atoms with Gasteiger partial charge in [0.1, 0.15) is 6.17 Å². The van der Waals surface area contributed by atoms with Gasteiger partial charge in [-0.1, -0.05) is 75.0 Å². The number of rotatable bonds is 4. The monoisotopic (exact) mass is 458 g/mol. The van der Waals surface area contributed by atoms with Crippen LogP contribution in [0.5, 0.6) is 0 Å². The van der Waals surface area contributed by atoms with Crippen molar-refractivity contribution in [1.82, 2.24) is 9.97 Å². The number of anilines is 4. The van der Waals surface area contributed by atoms with Crippen molar-refractivity contribution >= 4 is 28.6 Å². The molecule has 4 aromatic rings. The lowest BCUT2D eigenvalue weighted by Gasteiger charge is -2.51. The van der Waals surface area contributed by atoms with E-state index in [0.717, 1.165) is 35.9 Å². The molecule has 3 aromatic carbocycles. The number of hydrogen-bond acceptors (Lipinski definition) is 4. The van der Waals surface area contributed by atoms with Crippen LogP contribution in [-0.4, -0.2) is 16.1 Å². The third kappa shape index (κ3) is 2.99. The van der Waals surface area contributed by atoms with Crippen LogP contribution in [0.2, 0.25) is 0 Å². The van der Waals surface area contributed by atoms with Gasteiger partial charge >= 0.3 is 0 Å². The molecule has 1 unspecified atom stereocenters. The Morgan fingerprint density at radius 3 is 2.06 bits per heavy atom. The lowest BCUT2D eigenvalue weighted by atomic mass is 9.67. The van der Waals surface area contributed by atoms with E-state index in [-0.39, 0.29) is 11.6 Å². The van der Waals surface area contributed by atoms with Gasteiger partial charge in [0.15, 0.2) is 11.6 Å². The fourth-order valence-electron chi connectivity index (χ4n) is 6.14. The molecule has 0 spiro atoms. The molecular weight excluding hydrogens is 428 g/mol. The molecule has 174 valence electrons. The molecule has 0 amide bonds. The maximum absolute atomic E-state index is 4.89. The molecule has 0 aliphatic carbocycles. The Kier molecular flexibility index (Phi) is 4.99. The van der Waals surface area contributed by atoms with Gasteiger partial charge in [-0.3, -0.25) is 0 Å². The van der Waals surface area contributed by atoms with Gasteiger partial charge in [0.2, 0.25) is 0 Å². The summed E-state index contributed by atoms with van der Waals surface area (Å²) in [5.41, 5.74) is 8.24. The van der Waals surface area contributed by atoms with Crippen LogP contribution in [0.1, 0.15) is 37.8 Å². The molecule has 6 rings (SSSR count). The van der Waals surface area contributed by atoms with E-state index in [0.29, 0.717) is 0 Å². The summed E-state index contributed by atoms with van der Waals surface area (Å²) in [7, 11) is 0. The minimum Gasteiger partial charge on any atom is -0.301 e. The zero-order valence-electron chi connectivity index (χ0n) is 20.6. The van der Waals surface area contributed by atoms with Gasteiger partial charge in [0.05, 0.1) is 5.69 Å². The van der Waals surface area contributed by atoms with Crippen LogP contribution in [0, 0.1) is 12.3 Å². The van der Waals surface area contributed by atoms with Crippen molar-refractivity contribution in [2.45, 2.75) is 39.8 Å². The van der Waals surface area contributed by atoms with Crippen LogP contribution in [0.4, 0.5) is 23.0 Å². The summed E-state index contributed by atoms with van der Waals surface area (Å²) in [6, 6.07) is 25.9. The van der Waals surface area contributed by atoms with E-state index >= 15 is 0 Å². The second kappa shape index (κ2) is 8.09. The summed E-state index contributed by atoms with van der Waals surface area (Å²) in [5.74, 6) is 1.82. The number of para-hydroxylation sites is 1. The fourth-order valence-corrected chi connectivity index (χ4v) is 6.14. The van der Waals surface area contributed by atoms with Gasteiger partial charge in [0.25, 0.3) is 0 Å². The summed E-state index contributed by atoms with van der Waals surface area (Å²) in [4.78, 5) is 14.6. The first kappa shape index (κ1) is 21.6. The summed E-state index contributed by atoms with van der Waals surface area (Å²) in [6.07, 6.45) is 5.57. The molecule has 3 heterocycles. The Bertz CT molecular complexity index is 1420. The molecule has 4 nitrogen and oxygen atoms in total. The van der Waals surface area contributed by atoms with Crippen LogP contribution in [0.15, 0.2) is 91.8 Å². The van der Waals surface area contributed by atoms with Crippen molar-refractivity contribution in [2.24, 2.45) is 5.41 Å². The van der Waals surface area contributed by atoms with Gasteiger partial charge in [0, 0.05) is 29.1 Å². The van der Waals surface area contributed by atoms with Crippen molar-refractivity contribution < 1.29 is 0 Å². The van der Waals surface area contributed by atoms with Gasteiger partial charge in [-0.2, -0.15) is 0 Å². The molecular formula is C31H30N4. The zero-order chi connectivity index (χ0) is 24.2. The highest BCUT2D eigenvalue weighted by atomic mass is 15.5. The average Bonchev–Trinajstić information content (AvgIpc) is 3.25. The Morgan fingerprint density at radius 2 is 1.40 bits per heavy atom. The molecule has 0 fully saturated rings. The molecule has 0 N–H and O–H groups in total. The molecule has 0 bridgehead atoms. The second-order valence-corrected chi connectivity index (χ2v) is 9.54. The van der Waals surface area contributed by atoms with Crippen molar-refractivity contribution in [1.29, 1.82) is 0 Å². The fraction of sp³-hybridized carbons (Fsp3) is 0.226. The number of aromatic nitrogens is 2. The number of nitrogens with zero attached hydrogens (tertiary/aromatic N) is 4. The minimum atomic E-state index is -0.152. The van der Waals surface area contributed by atoms with E-state index in [2.05, 4.69) is 110 Å². The second-order valence-electron chi connectivity index (χ2n) is 9.54. The minimum absolute atomic E-state index is 0.0126. The van der Waals surface area contributed by atoms with Crippen molar-refractivity contribution in [3.63, 3.8) is 0 Å². The SMILES string of the molecule is C=C1c2ccccc2N2c3nccnc3N(c3ccc(-c4ccccc4)cc3C)C2C1(CC)CC. The summed E-state index contributed by atoms with van der Waals surface area (Å²) in [6.45, 7) is 11.5. The highest BCUT2D eigenvalue weighted by Crippen LogP contribution is 2.61. The lowest BCUT2D eigenvalue weighted by molar-refractivity contribution is 0.294. The van der Waals surface area contributed by atoms with Crippen molar-refractivity contribution in [3.8, 4) is 11.1 Å². The molecule has 0 saturated carbocycles. The summed E-state index contributed by atoms with van der Waals surface area (Å²) >= 11 is 0. The highest BCUT2D eigenvalue weighted by Gasteiger charge is 2.55. The molecule has 1 aromatic heterocycles. The predicted octanol–water partition coefficient (Wildman–Crippen LogP) is 7.90. The number of aryl methyl sites for hydroxylation is 1. The van der Waals surface area contributed by atoms with E-state index in [1.54, 1.807) is 12.4 Å².